The molecule has 0 aliphatic carbocycles. The van der Waals surface area contributed by atoms with Gasteiger partial charge in [-0.1, -0.05) is 12.1 Å². The Bertz CT molecular complexity index is 1040. The van der Waals surface area contributed by atoms with Crippen LogP contribution in [0.15, 0.2) is 66.5 Å². The van der Waals surface area contributed by atoms with Gasteiger partial charge in [-0.15, -0.1) is 6.58 Å². The largest absolute Gasteiger partial charge is 0.497 e. The van der Waals surface area contributed by atoms with E-state index in [1.165, 1.54) is 0 Å². The minimum atomic E-state index is -0.602. The molecule has 1 N–H and O–H groups in total. The van der Waals surface area contributed by atoms with Gasteiger partial charge in [0.25, 0.3) is 5.91 Å². The number of carbonyl (C=O) groups excluding carboxylic acids is 2. The molecular weight excluding hydrogens is 408 g/mol. The Kier molecular flexibility index (Phi) is 6.11. The highest BCUT2D eigenvalue weighted by atomic mass is 16.5. The standard InChI is InChI=1S/C24H26N4O4/c1-4-10-28-20-15-27(11-8-17-7-5-6-9-25-17)23(29)21(20)22(26-24(28)30)16-12-18(31-2)14-19(13-16)32-3/h4-7,9,12-14,22H,1,8,10-11,15H2,2-3H3,(H,26,30)/t22-/m1/s1. The third kappa shape index (κ3) is 4.03. The Labute approximate surface area is 187 Å². The van der Waals surface area contributed by atoms with Gasteiger partial charge in [0.05, 0.1) is 38.1 Å². The first-order valence-electron chi connectivity index (χ1n) is 10.4. The van der Waals surface area contributed by atoms with Gasteiger partial charge in [-0.2, -0.15) is 0 Å². The SMILES string of the molecule is C=CCN1C(=O)N[C@H](c2cc(OC)cc(OC)c2)C2=C1CN(CCc1ccccn1)C2=O. The third-order valence-corrected chi connectivity index (χ3v) is 5.68. The number of amides is 3. The number of hydrogen-bond acceptors (Lipinski definition) is 5. The summed E-state index contributed by atoms with van der Waals surface area (Å²) in [5, 5.41) is 2.98. The van der Waals surface area contributed by atoms with Crippen LogP contribution in [0.25, 0.3) is 0 Å². The average molecular weight is 434 g/mol. The Hall–Kier alpha value is -3.81. The molecule has 0 bridgehead atoms. The minimum absolute atomic E-state index is 0.100. The maximum Gasteiger partial charge on any atom is 0.322 e. The Morgan fingerprint density at radius 2 is 1.94 bits per heavy atom. The number of rotatable bonds is 8. The van der Waals surface area contributed by atoms with Gasteiger partial charge >= 0.3 is 6.03 Å². The van der Waals surface area contributed by atoms with Gasteiger partial charge in [0.1, 0.15) is 11.5 Å². The van der Waals surface area contributed by atoms with Crippen LogP contribution in [0.1, 0.15) is 17.3 Å². The molecule has 8 heteroatoms. The summed E-state index contributed by atoms with van der Waals surface area (Å²) in [4.78, 5) is 34.1. The summed E-state index contributed by atoms with van der Waals surface area (Å²) in [7, 11) is 3.13. The topological polar surface area (TPSA) is 84.0 Å². The van der Waals surface area contributed by atoms with E-state index in [9.17, 15) is 9.59 Å². The lowest BCUT2D eigenvalue weighted by atomic mass is 9.95. The van der Waals surface area contributed by atoms with Crippen LogP contribution < -0.4 is 14.8 Å². The van der Waals surface area contributed by atoms with Gasteiger partial charge in [0.2, 0.25) is 0 Å². The van der Waals surface area contributed by atoms with E-state index in [0.29, 0.717) is 48.8 Å². The van der Waals surface area contributed by atoms with Gasteiger partial charge in [-0.05, 0) is 29.8 Å². The Morgan fingerprint density at radius 3 is 2.56 bits per heavy atom. The molecule has 0 unspecified atom stereocenters. The van der Waals surface area contributed by atoms with Crippen LogP contribution in [0.2, 0.25) is 0 Å². The van der Waals surface area contributed by atoms with Crippen molar-refractivity contribution >= 4 is 11.9 Å². The van der Waals surface area contributed by atoms with Crippen LogP contribution >= 0.6 is 0 Å². The summed E-state index contributed by atoms with van der Waals surface area (Å²) in [5.74, 6) is 1.07. The van der Waals surface area contributed by atoms with Gasteiger partial charge in [0.15, 0.2) is 0 Å². The first kappa shape index (κ1) is 21.4. The van der Waals surface area contributed by atoms with Crippen LogP contribution in [0, 0.1) is 0 Å². The predicted molar refractivity (Wildman–Crippen MR) is 119 cm³/mol. The number of aromatic nitrogens is 1. The number of ether oxygens (including phenoxy) is 2. The fraction of sp³-hybridized carbons (Fsp3) is 0.292. The Morgan fingerprint density at radius 1 is 1.19 bits per heavy atom. The van der Waals surface area contributed by atoms with Crippen LogP contribution in [-0.4, -0.2) is 60.6 Å². The fourth-order valence-corrected chi connectivity index (χ4v) is 4.09. The second-order valence-corrected chi connectivity index (χ2v) is 7.59. The highest BCUT2D eigenvalue weighted by Crippen LogP contribution is 2.38. The maximum absolute atomic E-state index is 13.5. The lowest BCUT2D eigenvalue weighted by molar-refractivity contribution is -0.125. The monoisotopic (exact) mass is 434 g/mol. The van der Waals surface area contributed by atoms with E-state index in [0.717, 1.165) is 11.3 Å². The number of nitrogens with one attached hydrogen (secondary N) is 1. The smallest absolute Gasteiger partial charge is 0.322 e. The van der Waals surface area contributed by atoms with Crippen molar-refractivity contribution in [1.29, 1.82) is 0 Å². The fourth-order valence-electron chi connectivity index (χ4n) is 4.09. The molecule has 0 radical (unpaired) electrons. The van der Waals surface area contributed by atoms with Gasteiger partial charge in [-0.3, -0.25) is 14.7 Å². The molecule has 0 spiro atoms. The van der Waals surface area contributed by atoms with Crippen LogP contribution in [0.5, 0.6) is 11.5 Å². The molecule has 2 aromatic rings. The molecule has 0 saturated heterocycles. The molecule has 4 rings (SSSR count). The molecule has 32 heavy (non-hydrogen) atoms. The average Bonchev–Trinajstić information content (AvgIpc) is 3.15. The van der Waals surface area contributed by atoms with Crippen LogP contribution in [0.3, 0.4) is 0 Å². The van der Waals surface area contributed by atoms with Crippen molar-refractivity contribution in [1.82, 2.24) is 20.1 Å². The van der Waals surface area contributed by atoms with Gasteiger partial charge in [0, 0.05) is 37.5 Å². The number of carbonyl (C=O) groups is 2. The summed E-state index contributed by atoms with van der Waals surface area (Å²) in [6.07, 6.45) is 4.03. The molecule has 0 saturated carbocycles. The highest BCUT2D eigenvalue weighted by Gasteiger charge is 2.43. The number of methoxy groups -OCH3 is 2. The third-order valence-electron chi connectivity index (χ3n) is 5.68. The quantitative estimate of drug-likeness (QED) is 0.646. The summed E-state index contributed by atoms with van der Waals surface area (Å²) >= 11 is 0. The molecule has 2 aliphatic heterocycles. The van der Waals surface area contributed by atoms with Gasteiger partial charge in [-0.25, -0.2) is 4.79 Å². The highest BCUT2D eigenvalue weighted by molar-refractivity contribution is 6.01. The minimum Gasteiger partial charge on any atom is -0.497 e. The molecule has 1 atom stereocenters. The van der Waals surface area contributed by atoms with Crippen LogP contribution in [-0.2, 0) is 11.2 Å². The van der Waals surface area contributed by atoms with E-state index >= 15 is 0 Å². The van der Waals surface area contributed by atoms with E-state index in [2.05, 4.69) is 16.9 Å². The van der Waals surface area contributed by atoms with Crippen molar-refractivity contribution in [2.75, 3.05) is 33.9 Å². The second kappa shape index (κ2) is 9.13. The lowest BCUT2D eigenvalue weighted by Gasteiger charge is -2.33. The molecule has 8 nitrogen and oxygen atoms in total. The normalized spacial score (nSPS) is 17.9. The number of benzene rings is 1. The number of nitrogens with zero attached hydrogens (tertiary/aromatic N) is 3. The van der Waals surface area contributed by atoms with Crippen molar-refractivity contribution in [2.45, 2.75) is 12.5 Å². The molecule has 0 fully saturated rings. The molecule has 1 aromatic heterocycles. The van der Waals surface area contributed by atoms with E-state index in [1.54, 1.807) is 42.4 Å². The van der Waals surface area contributed by atoms with Crippen molar-refractivity contribution in [3.8, 4) is 11.5 Å². The number of pyridine rings is 1. The number of hydrogen-bond donors (Lipinski definition) is 1. The summed E-state index contributed by atoms with van der Waals surface area (Å²) < 4.78 is 10.8. The van der Waals surface area contributed by atoms with E-state index in [4.69, 9.17) is 9.47 Å². The molecule has 166 valence electrons. The number of urea groups is 1. The molecular formula is C24H26N4O4. The predicted octanol–water partition coefficient (Wildman–Crippen LogP) is 2.69. The van der Waals surface area contributed by atoms with Crippen molar-refractivity contribution in [3.63, 3.8) is 0 Å². The molecule has 2 aliphatic rings. The summed E-state index contributed by atoms with van der Waals surface area (Å²) in [6, 6.07) is 10.2. The van der Waals surface area contributed by atoms with E-state index in [-0.39, 0.29) is 11.9 Å². The van der Waals surface area contributed by atoms with Crippen molar-refractivity contribution < 1.29 is 19.1 Å². The Balaban J connectivity index is 1.68. The van der Waals surface area contributed by atoms with Crippen LogP contribution in [0.4, 0.5) is 4.79 Å². The lowest BCUT2D eigenvalue weighted by Crippen LogP contribution is -2.47. The molecule has 3 amide bonds. The second-order valence-electron chi connectivity index (χ2n) is 7.59. The maximum atomic E-state index is 13.5. The zero-order valence-electron chi connectivity index (χ0n) is 18.2. The van der Waals surface area contributed by atoms with Gasteiger partial charge < -0.3 is 19.7 Å². The first-order valence-corrected chi connectivity index (χ1v) is 10.4. The van der Waals surface area contributed by atoms with E-state index in [1.807, 2.05) is 30.3 Å². The summed E-state index contributed by atoms with van der Waals surface area (Å²) in [6.45, 7) is 4.94. The molecule has 1 aromatic carbocycles. The zero-order valence-corrected chi connectivity index (χ0v) is 18.2. The van der Waals surface area contributed by atoms with Crippen molar-refractivity contribution in [3.05, 3.63) is 77.8 Å². The zero-order chi connectivity index (χ0) is 22.7. The molecule has 3 heterocycles. The first-order chi connectivity index (χ1) is 15.5. The van der Waals surface area contributed by atoms with E-state index < -0.39 is 6.04 Å². The summed E-state index contributed by atoms with van der Waals surface area (Å²) in [5.41, 5.74) is 2.89. The van der Waals surface area contributed by atoms with Crippen molar-refractivity contribution in [2.24, 2.45) is 0 Å².